The Morgan fingerprint density at radius 1 is 1.48 bits per heavy atom. The molecule has 3 N–H and O–H groups in total. The van der Waals surface area contributed by atoms with E-state index in [-0.39, 0.29) is 12.0 Å². The van der Waals surface area contributed by atoms with Gasteiger partial charge in [-0.15, -0.1) is 0 Å². The van der Waals surface area contributed by atoms with E-state index in [1.807, 2.05) is 26.0 Å². The molecule has 0 fully saturated rings. The number of nitrogens with two attached hydrogens (primary N) is 1. The van der Waals surface area contributed by atoms with Gasteiger partial charge in [-0.25, -0.2) is 0 Å². The lowest BCUT2D eigenvalue weighted by molar-refractivity contribution is -0.116. The smallest absolute Gasteiger partial charge is 0.224 e. The fourth-order valence-electron chi connectivity index (χ4n) is 2.45. The largest absolute Gasteiger partial charge is 0.492 e. The quantitative estimate of drug-likeness (QED) is 0.757. The number of carbonyl (C=O) groups excluding carboxylic acids is 1. The van der Waals surface area contributed by atoms with Crippen LogP contribution in [0.1, 0.15) is 38.7 Å². The van der Waals surface area contributed by atoms with Crippen LogP contribution in [0.25, 0.3) is 0 Å². The SMILES string of the molecule is CCOc1cc2c(cc1NC(=O)CCCCN)OC(C)C2. The van der Waals surface area contributed by atoms with Crippen molar-refractivity contribution in [1.82, 2.24) is 0 Å². The van der Waals surface area contributed by atoms with Crippen molar-refractivity contribution in [2.45, 2.75) is 45.6 Å². The highest BCUT2D eigenvalue weighted by Crippen LogP contribution is 2.38. The molecule has 0 aromatic heterocycles. The van der Waals surface area contributed by atoms with Crippen molar-refractivity contribution < 1.29 is 14.3 Å². The Bertz CT molecular complexity index is 503. The molecule has 1 heterocycles. The van der Waals surface area contributed by atoms with E-state index in [0.29, 0.717) is 31.0 Å². The minimum absolute atomic E-state index is 0.0181. The second-order valence-electron chi connectivity index (χ2n) is 5.32. The zero-order valence-corrected chi connectivity index (χ0v) is 12.8. The van der Waals surface area contributed by atoms with Gasteiger partial charge in [0.05, 0.1) is 12.3 Å². The number of amides is 1. The van der Waals surface area contributed by atoms with Gasteiger partial charge in [0, 0.05) is 24.5 Å². The average Bonchev–Trinajstić information content (AvgIpc) is 2.79. The number of unbranched alkanes of at least 4 members (excludes halogenated alkanes) is 1. The summed E-state index contributed by atoms with van der Waals surface area (Å²) >= 11 is 0. The third kappa shape index (κ3) is 4.11. The molecule has 5 heteroatoms. The van der Waals surface area contributed by atoms with E-state index in [1.165, 1.54) is 0 Å². The lowest BCUT2D eigenvalue weighted by atomic mass is 10.1. The first-order valence-corrected chi connectivity index (χ1v) is 7.60. The number of fused-ring (bicyclic) bond motifs is 1. The van der Waals surface area contributed by atoms with Crippen molar-refractivity contribution in [2.75, 3.05) is 18.5 Å². The van der Waals surface area contributed by atoms with Gasteiger partial charge in [-0.2, -0.15) is 0 Å². The fourth-order valence-corrected chi connectivity index (χ4v) is 2.45. The summed E-state index contributed by atoms with van der Waals surface area (Å²) in [4.78, 5) is 12.0. The summed E-state index contributed by atoms with van der Waals surface area (Å²) in [5, 5.41) is 2.91. The van der Waals surface area contributed by atoms with Gasteiger partial charge in [-0.05, 0) is 39.3 Å². The van der Waals surface area contributed by atoms with Crippen LogP contribution in [0.5, 0.6) is 11.5 Å². The zero-order chi connectivity index (χ0) is 15.2. The molecule has 116 valence electrons. The van der Waals surface area contributed by atoms with Crippen LogP contribution in [-0.4, -0.2) is 25.2 Å². The molecule has 1 aromatic rings. The molecule has 1 unspecified atom stereocenters. The third-order valence-electron chi connectivity index (χ3n) is 3.43. The summed E-state index contributed by atoms with van der Waals surface area (Å²) in [6.07, 6.45) is 3.17. The van der Waals surface area contributed by atoms with Gasteiger partial charge in [-0.1, -0.05) is 0 Å². The van der Waals surface area contributed by atoms with Gasteiger partial charge < -0.3 is 20.5 Å². The summed E-state index contributed by atoms with van der Waals surface area (Å²) in [6.45, 7) is 5.14. The molecule has 21 heavy (non-hydrogen) atoms. The Balaban J connectivity index is 2.10. The molecule has 0 saturated carbocycles. The van der Waals surface area contributed by atoms with Gasteiger partial charge in [-0.3, -0.25) is 4.79 Å². The number of rotatable bonds is 7. The first-order chi connectivity index (χ1) is 10.1. The second-order valence-corrected chi connectivity index (χ2v) is 5.32. The van der Waals surface area contributed by atoms with Gasteiger partial charge >= 0.3 is 0 Å². The van der Waals surface area contributed by atoms with Crippen molar-refractivity contribution in [3.8, 4) is 11.5 Å². The normalized spacial score (nSPS) is 16.2. The van der Waals surface area contributed by atoms with Crippen LogP contribution in [0.15, 0.2) is 12.1 Å². The van der Waals surface area contributed by atoms with E-state index >= 15 is 0 Å². The molecule has 0 radical (unpaired) electrons. The topological polar surface area (TPSA) is 73.6 Å². The van der Waals surface area contributed by atoms with Crippen molar-refractivity contribution in [3.63, 3.8) is 0 Å². The number of hydrogen-bond acceptors (Lipinski definition) is 4. The number of benzene rings is 1. The highest BCUT2D eigenvalue weighted by molar-refractivity contribution is 5.92. The molecule has 1 atom stereocenters. The lowest BCUT2D eigenvalue weighted by Gasteiger charge is -2.13. The van der Waals surface area contributed by atoms with Crippen LogP contribution in [0, 0.1) is 0 Å². The Labute approximate surface area is 125 Å². The van der Waals surface area contributed by atoms with E-state index in [4.69, 9.17) is 15.2 Å². The molecule has 1 amide bonds. The summed E-state index contributed by atoms with van der Waals surface area (Å²) in [6, 6.07) is 3.84. The molecule has 0 spiro atoms. The maximum absolute atomic E-state index is 12.0. The Kier molecular flexibility index (Phi) is 5.44. The standard InChI is InChI=1S/C16H24N2O3/c1-3-20-15-9-12-8-11(2)21-14(12)10-13(15)18-16(19)6-4-5-7-17/h9-11H,3-8,17H2,1-2H3,(H,18,19). The molecule has 1 aliphatic heterocycles. The average molecular weight is 292 g/mol. The van der Waals surface area contributed by atoms with Gasteiger partial charge in [0.1, 0.15) is 17.6 Å². The van der Waals surface area contributed by atoms with E-state index in [2.05, 4.69) is 5.32 Å². The molecular weight excluding hydrogens is 268 g/mol. The number of carbonyl (C=O) groups is 1. The zero-order valence-electron chi connectivity index (χ0n) is 12.8. The molecule has 1 aromatic carbocycles. The number of anilines is 1. The number of hydrogen-bond donors (Lipinski definition) is 2. The molecule has 5 nitrogen and oxygen atoms in total. The first-order valence-electron chi connectivity index (χ1n) is 7.60. The molecule has 0 bridgehead atoms. The minimum Gasteiger partial charge on any atom is -0.492 e. The molecule has 1 aliphatic rings. The van der Waals surface area contributed by atoms with Gasteiger partial charge in [0.25, 0.3) is 0 Å². The van der Waals surface area contributed by atoms with Crippen LogP contribution in [-0.2, 0) is 11.2 Å². The van der Waals surface area contributed by atoms with Gasteiger partial charge in [0.15, 0.2) is 0 Å². The Morgan fingerprint density at radius 2 is 2.29 bits per heavy atom. The number of ether oxygens (including phenoxy) is 2. The maximum atomic E-state index is 12.0. The molecular formula is C16H24N2O3. The summed E-state index contributed by atoms with van der Waals surface area (Å²) < 4.78 is 11.4. The summed E-state index contributed by atoms with van der Waals surface area (Å²) in [7, 11) is 0. The van der Waals surface area contributed by atoms with E-state index in [1.54, 1.807) is 0 Å². The van der Waals surface area contributed by atoms with E-state index in [0.717, 1.165) is 30.6 Å². The van der Waals surface area contributed by atoms with Gasteiger partial charge in [0.2, 0.25) is 5.91 Å². The van der Waals surface area contributed by atoms with Crippen LogP contribution >= 0.6 is 0 Å². The maximum Gasteiger partial charge on any atom is 0.224 e. The highest BCUT2D eigenvalue weighted by Gasteiger charge is 2.22. The monoisotopic (exact) mass is 292 g/mol. The number of nitrogens with one attached hydrogen (secondary N) is 1. The highest BCUT2D eigenvalue weighted by atomic mass is 16.5. The summed E-state index contributed by atoms with van der Waals surface area (Å²) in [5.41, 5.74) is 7.25. The molecule has 2 rings (SSSR count). The van der Waals surface area contributed by atoms with Crippen molar-refractivity contribution in [3.05, 3.63) is 17.7 Å². The first kappa shape index (κ1) is 15.6. The van der Waals surface area contributed by atoms with E-state index < -0.39 is 0 Å². The Morgan fingerprint density at radius 3 is 3.00 bits per heavy atom. The van der Waals surface area contributed by atoms with Crippen LogP contribution in [0.4, 0.5) is 5.69 Å². The van der Waals surface area contributed by atoms with E-state index in [9.17, 15) is 4.79 Å². The van der Waals surface area contributed by atoms with Crippen LogP contribution in [0.3, 0.4) is 0 Å². The second kappa shape index (κ2) is 7.31. The Hall–Kier alpha value is -1.75. The fraction of sp³-hybridized carbons (Fsp3) is 0.562. The predicted octanol–water partition coefficient (Wildman–Crippen LogP) is 2.48. The van der Waals surface area contributed by atoms with Crippen LogP contribution in [0.2, 0.25) is 0 Å². The molecule has 0 aliphatic carbocycles. The van der Waals surface area contributed by atoms with Crippen molar-refractivity contribution in [1.29, 1.82) is 0 Å². The minimum atomic E-state index is -0.0181. The summed E-state index contributed by atoms with van der Waals surface area (Å²) in [5.74, 6) is 1.53. The predicted molar refractivity (Wildman–Crippen MR) is 82.9 cm³/mol. The molecule has 0 saturated heterocycles. The van der Waals surface area contributed by atoms with Crippen molar-refractivity contribution >= 4 is 11.6 Å². The lowest BCUT2D eigenvalue weighted by Crippen LogP contribution is -2.13. The van der Waals surface area contributed by atoms with Crippen LogP contribution < -0.4 is 20.5 Å². The van der Waals surface area contributed by atoms with Crippen molar-refractivity contribution in [2.24, 2.45) is 5.73 Å². The third-order valence-corrected chi connectivity index (χ3v) is 3.43.